The molecule has 0 saturated heterocycles. The minimum Gasteiger partial charge on any atom is -0.494 e. The molecule has 3 N–H and O–H groups in total. The van der Waals surface area contributed by atoms with Crippen LogP contribution in [0.5, 0.6) is 5.75 Å². The van der Waals surface area contributed by atoms with Gasteiger partial charge in [0.05, 0.1) is 13.0 Å². The van der Waals surface area contributed by atoms with Gasteiger partial charge in [-0.1, -0.05) is 6.07 Å². The molecule has 2 amide bonds. The second-order valence-corrected chi connectivity index (χ2v) is 5.10. The van der Waals surface area contributed by atoms with E-state index < -0.39 is 5.97 Å². The Labute approximate surface area is 123 Å². The third-order valence-electron chi connectivity index (χ3n) is 3.30. The van der Waals surface area contributed by atoms with Crippen LogP contribution in [-0.4, -0.2) is 29.8 Å². The topological polar surface area (TPSA) is 87.7 Å². The molecule has 1 aliphatic carbocycles. The summed E-state index contributed by atoms with van der Waals surface area (Å²) >= 11 is 0. The molecule has 6 heteroatoms. The number of nitrogens with one attached hydrogen (secondary N) is 2. The lowest BCUT2D eigenvalue weighted by Crippen LogP contribution is -2.40. The number of amides is 2. The van der Waals surface area contributed by atoms with Gasteiger partial charge in [0.1, 0.15) is 5.75 Å². The lowest BCUT2D eigenvalue weighted by Gasteiger charge is -2.17. The lowest BCUT2D eigenvalue weighted by molar-refractivity contribution is -0.137. The summed E-state index contributed by atoms with van der Waals surface area (Å²) in [5.74, 6) is 0.0618. The van der Waals surface area contributed by atoms with E-state index in [1.165, 1.54) is 0 Å². The fourth-order valence-electron chi connectivity index (χ4n) is 2.19. The molecule has 6 nitrogen and oxygen atoms in total. The first-order valence-electron chi connectivity index (χ1n) is 7.10. The lowest BCUT2D eigenvalue weighted by atomic mass is 10.1. The van der Waals surface area contributed by atoms with Crippen molar-refractivity contribution in [2.75, 3.05) is 11.9 Å². The number of hydrogen-bond acceptors (Lipinski definition) is 3. The van der Waals surface area contributed by atoms with Crippen molar-refractivity contribution in [1.82, 2.24) is 5.32 Å². The summed E-state index contributed by atoms with van der Waals surface area (Å²) in [5.41, 5.74) is 0.614. The van der Waals surface area contributed by atoms with Crippen molar-refractivity contribution >= 4 is 17.7 Å². The summed E-state index contributed by atoms with van der Waals surface area (Å²) in [6, 6.07) is 6.39. The first-order valence-corrected chi connectivity index (χ1v) is 7.10. The van der Waals surface area contributed by atoms with Gasteiger partial charge >= 0.3 is 12.0 Å². The van der Waals surface area contributed by atoms with Crippen molar-refractivity contribution in [3.05, 3.63) is 24.3 Å². The Bertz CT molecular complexity index is 514. The zero-order chi connectivity index (χ0) is 15.2. The van der Waals surface area contributed by atoms with Crippen molar-refractivity contribution in [3.8, 4) is 5.75 Å². The minimum absolute atomic E-state index is 0.0446. The van der Waals surface area contributed by atoms with E-state index in [0.717, 1.165) is 12.8 Å². The van der Waals surface area contributed by atoms with E-state index in [2.05, 4.69) is 10.6 Å². The molecular formula is C15H20N2O4. The zero-order valence-electron chi connectivity index (χ0n) is 12.0. The summed E-state index contributed by atoms with van der Waals surface area (Å²) in [6.07, 6.45) is 1.90. The van der Waals surface area contributed by atoms with Crippen molar-refractivity contribution in [1.29, 1.82) is 0 Å². The van der Waals surface area contributed by atoms with Gasteiger partial charge < -0.3 is 20.5 Å². The predicted octanol–water partition coefficient (Wildman–Crippen LogP) is 2.46. The fraction of sp³-hybridized carbons (Fsp3) is 0.467. The van der Waals surface area contributed by atoms with Crippen molar-refractivity contribution in [2.24, 2.45) is 5.92 Å². The van der Waals surface area contributed by atoms with Gasteiger partial charge in [0, 0.05) is 17.8 Å². The first-order chi connectivity index (χ1) is 10.1. The van der Waals surface area contributed by atoms with Crippen LogP contribution in [0.15, 0.2) is 24.3 Å². The molecule has 1 aromatic rings. The quantitative estimate of drug-likeness (QED) is 0.720. The normalized spacial score (nSPS) is 15.1. The van der Waals surface area contributed by atoms with Crippen LogP contribution in [0.4, 0.5) is 10.5 Å². The van der Waals surface area contributed by atoms with Gasteiger partial charge in [0.15, 0.2) is 0 Å². The maximum atomic E-state index is 11.9. The van der Waals surface area contributed by atoms with Crippen molar-refractivity contribution in [2.45, 2.75) is 32.2 Å². The van der Waals surface area contributed by atoms with Crippen LogP contribution >= 0.6 is 0 Å². The van der Waals surface area contributed by atoms with E-state index in [4.69, 9.17) is 9.84 Å². The van der Waals surface area contributed by atoms with Crippen LogP contribution in [-0.2, 0) is 4.79 Å². The molecule has 0 aliphatic heterocycles. The molecule has 114 valence electrons. The van der Waals surface area contributed by atoms with E-state index in [0.29, 0.717) is 18.0 Å². The molecule has 1 saturated carbocycles. The van der Waals surface area contributed by atoms with Crippen molar-refractivity contribution < 1.29 is 19.4 Å². The number of carboxylic acid groups (broad SMARTS) is 1. The number of aliphatic carboxylic acids is 1. The van der Waals surface area contributed by atoms with E-state index in [1.807, 2.05) is 13.0 Å². The van der Waals surface area contributed by atoms with Gasteiger partial charge in [-0.05, 0) is 37.8 Å². The van der Waals surface area contributed by atoms with Crippen LogP contribution in [0, 0.1) is 5.92 Å². The first kappa shape index (κ1) is 15.2. The molecule has 0 radical (unpaired) electrons. The smallest absolute Gasteiger partial charge is 0.319 e. The van der Waals surface area contributed by atoms with Crippen LogP contribution in [0.1, 0.15) is 26.2 Å². The standard InChI is InChI=1S/C15H20N2O4/c1-2-21-12-5-3-4-11(8-12)16-15(20)17-13(9-14(18)19)10-6-7-10/h3-5,8,10,13H,2,6-7,9H2,1H3,(H,18,19)(H2,16,17,20). The van der Waals surface area contributed by atoms with E-state index in [-0.39, 0.29) is 24.4 Å². The number of carbonyl (C=O) groups is 2. The summed E-state index contributed by atoms with van der Waals surface area (Å²) < 4.78 is 5.36. The number of carbonyl (C=O) groups excluding carboxylic acids is 1. The highest BCUT2D eigenvalue weighted by Gasteiger charge is 2.33. The highest BCUT2D eigenvalue weighted by molar-refractivity contribution is 5.90. The highest BCUT2D eigenvalue weighted by atomic mass is 16.5. The monoisotopic (exact) mass is 292 g/mol. The molecule has 1 aliphatic rings. The Morgan fingerprint density at radius 1 is 1.43 bits per heavy atom. The van der Waals surface area contributed by atoms with E-state index >= 15 is 0 Å². The Morgan fingerprint density at radius 3 is 2.81 bits per heavy atom. The van der Waals surface area contributed by atoms with Gasteiger partial charge in [-0.2, -0.15) is 0 Å². The van der Waals surface area contributed by atoms with Crippen molar-refractivity contribution in [3.63, 3.8) is 0 Å². The number of urea groups is 1. The largest absolute Gasteiger partial charge is 0.494 e. The molecule has 1 atom stereocenters. The Morgan fingerprint density at radius 2 is 2.19 bits per heavy atom. The number of rotatable bonds is 7. The maximum Gasteiger partial charge on any atom is 0.319 e. The Kier molecular flexibility index (Phi) is 5.03. The summed E-state index contributed by atoms with van der Waals surface area (Å²) in [5, 5.41) is 14.3. The molecule has 0 heterocycles. The van der Waals surface area contributed by atoms with Crippen LogP contribution in [0.2, 0.25) is 0 Å². The van der Waals surface area contributed by atoms with Gasteiger partial charge in [-0.25, -0.2) is 4.79 Å². The van der Waals surface area contributed by atoms with Crippen LogP contribution in [0.3, 0.4) is 0 Å². The number of anilines is 1. The SMILES string of the molecule is CCOc1cccc(NC(=O)NC(CC(=O)O)C2CC2)c1. The second kappa shape index (κ2) is 6.97. The van der Waals surface area contributed by atoms with Crippen LogP contribution < -0.4 is 15.4 Å². The molecule has 1 fully saturated rings. The molecule has 1 unspecified atom stereocenters. The number of ether oxygens (including phenoxy) is 1. The van der Waals surface area contributed by atoms with Crippen LogP contribution in [0.25, 0.3) is 0 Å². The third-order valence-corrected chi connectivity index (χ3v) is 3.30. The third kappa shape index (κ3) is 4.98. The molecule has 0 spiro atoms. The van der Waals surface area contributed by atoms with Gasteiger partial charge in [0.25, 0.3) is 0 Å². The summed E-state index contributed by atoms with van der Waals surface area (Å²) in [4.78, 5) is 22.8. The molecule has 1 aromatic carbocycles. The minimum atomic E-state index is -0.898. The molecular weight excluding hydrogens is 272 g/mol. The molecule has 0 aromatic heterocycles. The van der Waals surface area contributed by atoms with E-state index in [1.54, 1.807) is 18.2 Å². The maximum absolute atomic E-state index is 11.9. The average molecular weight is 292 g/mol. The molecule has 21 heavy (non-hydrogen) atoms. The predicted molar refractivity (Wildman–Crippen MR) is 78.5 cm³/mol. The molecule has 0 bridgehead atoms. The number of benzene rings is 1. The number of carboxylic acids is 1. The Balaban J connectivity index is 1.90. The number of hydrogen-bond donors (Lipinski definition) is 3. The summed E-state index contributed by atoms with van der Waals surface area (Å²) in [6.45, 7) is 2.44. The fourth-order valence-corrected chi connectivity index (χ4v) is 2.19. The summed E-state index contributed by atoms with van der Waals surface area (Å²) in [7, 11) is 0. The van der Waals surface area contributed by atoms with Gasteiger partial charge in [-0.3, -0.25) is 4.79 Å². The Hall–Kier alpha value is -2.24. The zero-order valence-corrected chi connectivity index (χ0v) is 12.0. The second-order valence-electron chi connectivity index (χ2n) is 5.10. The van der Waals surface area contributed by atoms with Gasteiger partial charge in [0.2, 0.25) is 0 Å². The molecule has 2 rings (SSSR count). The van der Waals surface area contributed by atoms with E-state index in [9.17, 15) is 9.59 Å². The van der Waals surface area contributed by atoms with Gasteiger partial charge in [-0.15, -0.1) is 0 Å². The average Bonchev–Trinajstić information content (AvgIpc) is 3.22. The highest BCUT2D eigenvalue weighted by Crippen LogP contribution is 2.34.